The first-order chi connectivity index (χ1) is 11.5. The third-order valence-electron chi connectivity index (χ3n) is 4.46. The highest BCUT2D eigenvalue weighted by molar-refractivity contribution is 6.06. The van der Waals surface area contributed by atoms with Crippen molar-refractivity contribution in [3.8, 4) is 0 Å². The molecule has 1 aliphatic heterocycles. The molecular weight excluding hydrogens is 308 g/mol. The summed E-state index contributed by atoms with van der Waals surface area (Å²) >= 11 is 0. The molecule has 2 heterocycles. The van der Waals surface area contributed by atoms with E-state index in [4.69, 9.17) is 9.84 Å². The summed E-state index contributed by atoms with van der Waals surface area (Å²) in [4.78, 5) is 30.3. The van der Waals surface area contributed by atoms with Crippen LogP contribution in [0.25, 0.3) is 10.9 Å². The van der Waals surface area contributed by atoms with E-state index in [0.29, 0.717) is 18.5 Å². The first kappa shape index (κ1) is 16.4. The van der Waals surface area contributed by atoms with Gasteiger partial charge in [0, 0.05) is 30.8 Å². The first-order valence-corrected chi connectivity index (χ1v) is 7.91. The number of benzene rings is 1. The summed E-state index contributed by atoms with van der Waals surface area (Å²) in [7, 11) is 1.59. The summed E-state index contributed by atoms with van der Waals surface area (Å²) in [6.07, 6.45) is 0.330. The van der Waals surface area contributed by atoms with Gasteiger partial charge in [-0.1, -0.05) is 18.2 Å². The molecule has 24 heavy (non-hydrogen) atoms. The van der Waals surface area contributed by atoms with Gasteiger partial charge in [0.05, 0.1) is 23.6 Å². The van der Waals surface area contributed by atoms with Crippen LogP contribution >= 0.6 is 0 Å². The number of aliphatic carboxylic acids is 1. The Bertz CT molecular complexity index is 790. The molecule has 1 N–H and O–H groups in total. The predicted octanol–water partition coefficient (Wildman–Crippen LogP) is 2.25. The minimum Gasteiger partial charge on any atom is -0.481 e. The standard InChI is InChI=1S/C18H20N2O4/c1-11-7-15(14-5-3-4-6-16(14)19-11)18(23)20-10-13(24-2)8-12(20)9-17(21)22/h3-7,12-13H,8-10H2,1-2H3,(H,21,22). The van der Waals surface area contributed by atoms with Gasteiger partial charge in [-0.15, -0.1) is 0 Å². The Labute approximate surface area is 140 Å². The minimum absolute atomic E-state index is 0.0758. The van der Waals surface area contributed by atoms with Crippen LogP contribution in [0, 0.1) is 6.92 Å². The van der Waals surface area contributed by atoms with Crippen LogP contribution in [0.2, 0.25) is 0 Å². The molecule has 1 amide bonds. The highest BCUT2D eigenvalue weighted by Gasteiger charge is 2.37. The molecule has 2 aromatic rings. The van der Waals surface area contributed by atoms with E-state index in [-0.39, 0.29) is 24.5 Å². The number of carboxylic acid groups (broad SMARTS) is 1. The van der Waals surface area contributed by atoms with Gasteiger partial charge >= 0.3 is 5.97 Å². The molecule has 0 spiro atoms. The van der Waals surface area contributed by atoms with Gasteiger partial charge in [-0.25, -0.2) is 0 Å². The lowest BCUT2D eigenvalue weighted by Crippen LogP contribution is -2.37. The minimum atomic E-state index is -0.912. The maximum Gasteiger partial charge on any atom is 0.305 e. The number of rotatable bonds is 4. The lowest BCUT2D eigenvalue weighted by Gasteiger charge is -2.24. The highest BCUT2D eigenvalue weighted by atomic mass is 16.5. The monoisotopic (exact) mass is 328 g/mol. The average molecular weight is 328 g/mol. The van der Waals surface area contributed by atoms with E-state index in [0.717, 1.165) is 16.6 Å². The van der Waals surface area contributed by atoms with Gasteiger partial charge in [0.1, 0.15) is 0 Å². The maximum atomic E-state index is 13.1. The fourth-order valence-corrected chi connectivity index (χ4v) is 3.33. The summed E-state index contributed by atoms with van der Waals surface area (Å²) in [6, 6.07) is 8.90. The second-order valence-electron chi connectivity index (χ2n) is 6.13. The number of nitrogens with zero attached hydrogens (tertiary/aromatic N) is 2. The fourth-order valence-electron chi connectivity index (χ4n) is 3.33. The van der Waals surface area contributed by atoms with Crippen molar-refractivity contribution in [1.29, 1.82) is 0 Å². The number of carbonyl (C=O) groups is 2. The van der Waals surface area contributed by atoms with Gasteiger partial charge < -0.3 is 14.7 Å². The Morgan fingerprint density at radius 2 is 2.12 bits per heavy atom. The zero-order valence-corrected chi connectivity index (χ0v) is 13.7. The molecule has 2 unspecified atom stereocenters. The van der Waals surface area contributed by atoms with E-state index in [1.54, 1.807) is 18.1 Å². The number of pyridine rings is 1. The number of hydrogen-bond acceptors (Lipinski definition) is 4. The third kappa shape index (κ3) is 3.10. The zero-order valence-electron chi connectivity index (χ0n) is 13.7. The van der Waals surface area contributed by atoms with Gasteiger partial charge in [-0.3, -0.25) is 14.6 Å². The summed E-state index contributed by atoms with van der Waals surface area (Å²) in [6.45, 7) is 2.25. The smallest absolute Gasteiger partial charge is 0.305 e. The van der Waals surface area contributed by atoms with Crippen molar-refractivity contribution in [3.63, 3.8) is 0 Å². The van der Waals surface area contributed by atoms with Gasteiger partial charge in [0.2, 0.25) is 0 Å². The Kier molecular flexibility index (Phi) is 4.49. The number of carbonyl (C=O) groups excluding carboxylic acids is 1. The third-order valence-corrected chi connectivity index (χ3v) is 4.46. The highest BCUT2D eigenvalue weighted by Crippen LogP contribution is 2.27. The largest absolute Gasteiger partial charge is 0.481 e. The quantitative estimate of drug-likeness (QED) is 0.931. The molecule has 0 saturated carbocycles. The fraction of sp³-hybridized carbons (Fsp3) is 0.389. The van der Waals surface area contributed by atoms with Crippen LogP contribution < -0.4 is 0 Å². The van der Waals surface area contributed by atoms with Crippen LogP contribution in [0.4, 0.5) is 0 Å². The maximum absolute atomic E-state index is 13.1. The van der Waals surface area contributed by atoms with Gasteiger partial charge in [0.15, 0.2) is 0 Å². The van der Waals surface area contributed by atoms with Gasteiger partial charge in [-0.05, 0) is 25.5 Å². The summed E-state index contributed by atoms with van der Waals surface area (Å²) in [5.41, 5.74) is 2.08. The average Bonchev–Trinajstić information content (AvgIpc) is 2.95. The van der Waals surface area contributed by atoms with Crippen LogP contribution in [0.5, 0.6) is 0 Å². The van der Waals surface area contributed by atoms with Crippen LogP contribution in [0.3, 0.4) is 0 Å². The molecule has 0 radical (unpaired) electrons. The second-order valence-corrected chi connectivity index (χ2v) is 6.13. The molecule has 2 atom stereocenters. The predicted molar refractivity (Wildman–Crippen MR) is 89.0 cm³/mol. The number of methoxy groups -OCH3 is 1. The van der Waals surface area contributed by atoms with Crippen molar-refractivity contribution in [1.82, 2.24) is 9.88 Å². The number of para-hydroxylation sites is 1. The van der Waals surface area contributed by atoms with Crippen LogP contribution in [0.1, 0.15) is 28.9 Å². The van der Waals surface area contributed by atoms with Crippen molar-refractivity contribution in [2.45, 2.75) is 31.9 Å². The molecule has 1 aromatic heterocycles. The molecule has 1 saturated heterocycles. The number of ether oxygens (including phenoxy) is 1. The normalized spacial score (nSPS) is 20.5. The van der Waals surface area contributed by atoms with E-state index in [1.807, 2.05) is 31.2 Å². The number of hydrogen-bond donors (Lipinski definition) is 1. The second kappa shape index (κ2) is 6.57. The zero-order chi connectivity index (χ0) is 17.3. The lowest BCUT2D eigenvalue weighted by molar-refractivity contribution is -0.137. The summed E-state index contributed by atoms with van der Waals surface area (Å²) in [5.74, 6) is -1.08. The van der Waals surface area contributed by atoms with Crippen molar-refractivity contribution in [3.05, 3.63) is 41.6 Å². The molecule has 0 bridgehead atoms. The van der Waals surface area contributed by atoms with Gasteiger partial charge in [-0.2, -0.15) is 0 Å². The molecular formula is C18H20N2O4. The number of amides is 1. The summed E-state index contributed by atoms with van der Waals surface area (Å²) in [5, 5.41) is 9.91. The van der Waals surface area contributed by atoms with Crippen LogP contribution in [-0.2, 0) is 9.53 Å². The van der Waals surface area contributed by atoms with E-state index in [2.05, 4.69) is 4.98 Å². The van der Waals surface area contributed by atoms with Crippen molar-refractivity contribution < 1.29 is 19.4 Å². The molecule has 6 heteroatoms. The van der Waals surface area contributed by atoms with Gasteiger partial charge in [0.25, 0.3) is 5.91 Å². The van der Waals surface area contributed by atoms with Crippen molar-refractivity contribution in [2.24, 2.45) is 0 Å². The van der Waals surface area contributed by atoms with E-state index < -0.39 is 5.97 Å². The van der Waals surface area contributed by atoms with Crippen LogP contribution in [0.15, 0.2) is 30.3 Å². The Hall–Kier alpha value is -2.47. The van der Waals surface area contributed by atoms with Crippen molar-refractivity contribution >= 4 is 22.8 Å². The number of fused-ring (bicyclic) bond motifs is 1. The first-order valence-electron chi connectivity index (χ1n) is 7.91. The molecule has 1 aliphatic rings. The van der Waals surface area contributed by atoms with Crippen LogP contribution in [-0.4, -0.2) is 52.7 Å². The summed E-state index contributed by atoms with van der Waals surface area (Å²) < 4.78 is 5.35. The van der Waals surface area contributed by atoms with E-state index in [1.165, 1.54) is 0 Å². The number of aromatic nitrogens is 1. The Balaban J connectivity index is 1.99. The molecule has 126 valence electrons. The lowest BCUT2D eigenvalue weighted by atomic mass is 10.1. The number of carboxylic acids is 1. The SMILES string of the molecule is COC1CC(CC(=O)O)N(C(=O)c2cc(C)nc3ccccc23)C1. The molecule has 1 fully saturated rings. The van der Waals surface area contributed by atoms with E-state index in [9.17, 15) is 9.59 Å². The molecule has 1 aromatic carbocycles. The molecule has 6 nitrogen and oxygen atoms in total. The number of aryl methyl sites for hydroxylation is 1. The number of likely N-dealkylation sites (tertiary alicyclic amines) is 1. The van der Waals surface area contributed by atoms with Crippen molar-refractivity contribution in [2.75, 3.05) is 13.7 Å². The molecule has 0 aliphatic carbocycles. The molecule has 3 rings (SSSR count). The topological polar surface area (TPSA) is 79.7 Å². The Morgan fingerprint density at radius 3 is 2.83 bits per heavy atom. The Morgan fingerprint density at radius 1 is 1.38 bits per heavy atom. The van der Waals surface area contributed by atoms with E-state index >= 15 is 0 Å².